The van der Waals surface area contributed by atoms with E-state index in [1.807, 2.05) is 54.9 Å². The fraction of sp³-hybridized carbons (Fsp3) is 0.400. The molecule has 0 bridgehead atoms. The second kappa shape index (κ2) is 8.06. The van der Waals surface area contributed by atoms with Gasteiger partial charge in [0.2, 0.25) is 0 Å². The first-order chi connectivity index (χ1) is 15.4. The van der Waals surface area contributed by atoms with Crippen molar-refractivity contribution >= 4 is 16.6 Å². The van der Waals surface area contributed by atoms with Crippen molar-refractivity contribution in [1.29, 1.82) is 0 Å². The van der Waals surface area contributed by atoms with E-state index in [4.69, 9.17) is 9.15 Å². The predicted octanol–water partition coefficient (Wildman–Crippen LogP) is 4.37. The molecule has 0 unspecified atom stereocenters. The smallest absolute Gasteiger partial charge is 0.345 e. The zero-order chi connectivity index (χ0) is 22.4. The quantitative estimate of drug-likeness (QED) is 0.446. The van der Waals surface area contributed by atoms with Crippen molar-refractivity contribution in [3.63, 3.8) is 0 Å². The number of nitrogens with zero attached hydrogens (tertiary/aromatic N) is 4. The molecular weight excluding hydrogens is 404 g/mol. The Bertz CT molecular complexity index is 1350. The van der Waals surface area contributed by atoms with E-state index in [1.165, 1.54) is 0 Å². The van der Waals surface area contributed by atoms with Gasteiger partial charge in [0.1, 0.15) is 17.4 Å². The molecule has 3 aromatic heterocycles. The number of piperidine rings is 1. The van der Waals surface area contributed by atoms with Crippen LogP contribution in [0.3, 0.4) is 0 Å². The molecule has 0 amide bonds. The molecule has 7 heteroatoms. The number of imidazole rings is 1. The second-order valence-electron chi connectivity index (χ2n) is 8.92. The standard InChI is InChI=1S/C25H28N4O3/c1-15(2)28-9-7-19(8-10-28)31-20-6-5-18-11-21(25(30)32-23(18)12-20)22-14-29-13-16(3)26-17(4)24(29)27-22/h5-6,11-15,19H,7-10H2,1-4H3. The van der Waals surface area contributed by atoms with E-state index in [1.54, 1.807) is 0 Å². The number of aromatic nitrogens is 3. The van der Waals surface area contributed by atoms with Gasteiger partial charge in [0.15, 0.2) is 5.65 Å². The molecule has 1 aliphatic rings. The highest BCUT2D eigenvalue weighted by molar-refractivity contribution is 5.82. The zero-order valence-corrected chi connectivity index (χ0v) is 19.0. The van der Waals surface area contributed by atoms with E-state index in [0.29, 0.717) is 22.9 Å². The lowest BCUT2D eigenvalue weighted by molar-refractivity contribution is 0.0843. The van der Waals surface area contributed by atoms with E-state index in [2.05, 4.69) is 28.7 Å². The Hall–Kier alpha value is -3.19. The van der Waals surface area contributed by atoms with Crippen LogP contribution >= 0.6 is 0 Å². The minimum Gasteiger partial charge on any atom is -0.490 e. The van der Waals surface area contributed by atoms with Crippen LogP contribution in [-0.2, 0) is 0 Å². The first-order valence-corrected chi connectivity index (χ1v) is 11.2. The van der Waals surface area contributed by atoms with Crippen molar-refractivity contribution in [2.75, 3.05) is 13.1 Å². The molecule has 1 aliphatic heterocycles. The van der Waals surface area contributed by atoms with E-state index in [0.717, 1.165) is 54.1 Å². The van der Waals surface area contributed by atoms with E-state index >= 15 is 0 Å². The molecule has 32 heavy (non-hydrogen) atoms. The third-order valence-corrected chi connectivity index (χ3v) is 6.22. The van der Waals surface area contributed by atoms with Gasteiger partial charge in [0.25, 0.3) is 0 Å². The van der Waals surface area contributed by atoms with Crippen LogP contribution in [0, 0.1) is 13.8 Å². The van der Waals surface area contributed by atoms with Crippen molar-refractivity contribution in [1.82, 2.24) is 19.3 Å². The number of hydrogen-bond donors (Lipinski definition) is 0. The number of fused-ring (bicyclic) bond motifs is 2. The summed E-state index contributed by atoms with van der Waals surface area (Å²) in [6.07, 6.45) is 5.93. The molecule has 0 spiro atoms. The highest BCUT2D eigenvalue weighted by Crippen LogP contribution is 2.27. The van der Waals surface area contributed by atoms with Crippen LogP contribution in [0.15, 0.2) is 45.9 Å². The summed E-state index contributed by atoms with van der Waals surface area (Å²) in [5, 5.41) is 0.838. The summed E-state index contributed by atoms with van der Waals surface area (Å²) in [6, 6.07) is 8.10. The lowest BCUT2D eigenvalue weighted by atomic mass is 10.1. The lowest BCUT2D eigenvalue weighted by Crippen LogP contribution is -2.41. The Kier molecular flexibility index (Phi) is 5.21. The van der Waals surface area contributed by atoms with Gasteiger partial charge in [-0.2, -0.15) is 0 Å². The summed E-state index contributed by atoms with van der Waals surface area (Å²) in [5.41, 5.74) is 3.58. The summed E-state index contributed by atoms with van der Waals surface area (Å²) < 4.78 is 13.8. The largest absolute Gasteiger partial charge is 0.490 e. The Morgan fingerprint density at radius 1 is 1.09 bits per heavy atom. The Morgan fingerprint density at radius 2 is 1.88 bits per heavy atom. The van der Waals surface area contributed by atoms with Crippen LogP contribution in [-0.4, -0.2) is 44.5 Å². The predicted molar refractivity (Wildman–Crippen MR) is 124 cm³/mol. The Labute approximate surface area is 186 Å². The fourth-order valence-electron chi connectivity index (χ4n) is 4.48. The third-order valence-electron chi connectivity index (χ3n) is 6.22. The van der Waals surface area contributed by atoms with Crippen LogP contribution in [0.1, 0.15) is 38.1 Å². The summed E-state index contributed by atoms with van der Waals surface area (Å²) in [6.45, 7) is 10.4. The summed E-state index contributed by atoms with van der Waals surface area (Å²) in [7, 11) is 0. The maximum atomic E-state index is 12.8. The van der Waals surface area contributed by atoms with Gasteiger partial charge in [-0.25, -0.2) is 9.78 Å². The van der Waals surface area contributed by atoms with Crippen LogP contribution in [0.25, 0.3) is 27.9 Å². The van der Waals surface area contributed by atoms with Gasteiger partial charge in [-0.1, -0.05) is 0 Å². The molecule has 4 heterocycles. The molecular formula is C25H28N4O3. The highest BCUT2D eigenvalue weighted by Gasteiger charge is 2.22. The Morgan fingerprint density at radius 3 is 2.62 bits per heavy atom. The molecule has 0 atom stereocenters. The number of hydrogen-bond acceptors (Lipinski definition) is 6. The van der Waals surface area contributed by atoms with Crippen molar-refractivity contribution in [3.8, 4) is 17.0 Å². The average Bonchev–Trinajstić information content (AvgIpc) is 3.17. The third kappa shape index (κ3) is 3.88. The maximum Gasteiger partial charge on any atom is 0.345 e. The minimum atomic E-state index is -0.411. The molecule has 0 aliphatic carbocycles. The molecule has 4 aromatic rings. The molecule has 5 rings (SSSR count). The minimum absolute atomic E-state index is 0.187. The van der Waals surface area contributed by atoms with E-state index in [-0.39, 0.29) is 6.10 Å². The van der Waals surface area contributed by atoms with Gasteiger partial charge >= 0.3 is 5.63 Å². The average molecular weight is 433 g/mol. The van der Waals surface area contributed by atoms with Crippen LogP contribution in [0.4, 0.5) is 0 Å². The summed E-state index contributed by atoms with van der Waals surface area (Å²) in [4.78, 5) is 24.3. The molecule has 1 saturated heterocycles. The van der Waals surface area contributed by atoms with Crippen molar-refractivity contribution < 1.29 is 9.15 Å². The highest BCUT2D eigenvalue weighted by atomic mass is 16.5. The Balaban J connectivity index is 1.41. The second-order valence-corrected chi connectivity index (χ2v) is 8.92. The number of ether oxygens (including phenoxy) is 1. The van der Waals surface area contributed by atoms with Crippen molar-refractivity contribution in [2.45, 2.75) is 52.7 Å². The SMILES string of the molecule is Cc1cn2cc(-c3cc4ccc(OC5CCN(C(C)C)CC5)cc4oc3=O)nc2c(C)n1. The first kappa shape index (κ1) is 20.7. The summed E-state index contributed by atoms with van der Waals surface area (Å²) in [5.74, 6) is 0.737. The first-order valence-electron chi connectivity index (χ1n) is 11.2. The van der Waals surface area contributed by atoms with E-state index < -0.39 is 5.63 Å². The number of likely N-dealkylation sites (tertiary alicyclic amines) is 1. The van der Waals surface area contributed by atoms with Crippen molar-refractivity contribution in [3.05, 3.63) is 58.5 Å². The van der Waals surface area contributed by atoms with Crippen LogP contribution < -0.4 is 10.4 Å². The van der Waals surface area contributed by atoms with Gasteiger partial charge in [-0.3, -0.25) is 4.98 Å². The van der Waals surface area contributed by atoms with Crippen molar-refractivity contribution in [2.24, 2.45) is 0 Å². The lowest BCUT2D eigenvalue weighted by Gasteiger charge is -2.34. The number of benzene rings is 1. The molecule has 1 fully saturated rings. The van der Waals surface area contributed by atoms with Gasteiger partial charge < -0.3 is 18.5 Å². The van der Waals surface area contributed by atoms with Gasteiger partial charge in [-0.05, 0) is 58.7 Å². The topological polar surface area (TPSA) is 72.9 Å². The summed E-state index contributed by atoms with van der Waals surface area (Å²) >= 11 is 0. The maximum absolute atomic E-state index is 12.8. The molecule has 1 aromatic carbocycles. The monoisotopic (exact) mass is 432 g/mol. The molecule has 0 saturated carbocycles. The molecule has 0 N–H and O–H groups in total. The molecule has 7 nitrogen and oxygen atoms in total. The van der Waals surface area contributed by atoms with Gasteiger partial charge in [0.05, 0.1) is 22.6 Å². The fourth-order valence-corrected chi connectivity index (χ4v) is 4.48. The molecule has 166 valence electrons. The van der Waals surface area contributed by atoms with E-state index in [9.17, 15) is 4.79 Å². The van der Waals surface area contributed by atoms with Gasteiger partial charge in [-0.15, -0.1) is 0 Å². The number of aryl methyl sites for hydroxylation is 2. The van der Waals surface area contributed by atoms with Gasteiger partial charge in [0, 0.05) is 43.0 Å². The number of rotatable bonds is 4. The molecule has 0 radical (unpaired) electrons. The van der Waals surface area contributed by atoms with Crippen LogP contribution in [0.2, 0.25) is 0 Å². The van der Waals surface area contributed by atoms with Crippen LogP contribution in [0.5, 0.6) is 5.75 Å². The zero-order valence-electron chi connectivity index (χ0n) is 19.0. The normalized spacial score (nSPS) is 15.8.